The lowest BCUT2D eigenvalue weighted by Gasteiger charge is -2.23. The lowest BCUT2D eigenvalue weighted by molar-refractivity contribution is -0.135. The van der Waals surface area contributed by atoms with Crippen molar-refractivity contribution in [2.45, 2.75) is 26.7 Å². The van der Waals surface area contributed by atoms with Crippen molar-refractivity contribution in [2.75, 3.05) is 26.2 Å². The predicted molar refractivity (Wildman–Crippen MR) is 85.6 cm³/mol. The molecule has 0 saturated carbocycles. The zero-order valence-electron chi connectivity index (χ0n) is 12.5. The molecule has 0 spiro atoms. The molecule has 6 heteroatoms. The Morgan fingerprint density at radius 1 is 1.19 bits per heavy atom. The number of rotatable bonds is 3. The van der Waals surface area contributed by atoms with Crippen LogP contribution in [0.3, 0.4) is 0 Å². The van der Waals surface area contributed by atoms with Crippen LogP contribution in [0.25, 0.3) is 0 Å². The molecule has 4 nitrogen and oxygen atoms in total. The monoisotopic (exact) mass is 328 g/mol. The number of hydrogen-bond donors (Lipinski definition) is 0. The fourth-order valence-corrected chi connectivity index (χ4v) is 3.54. The maximum atomic E-state index is 12.3. The van der Waals surface area contributed by atoms with E-state index in [9.17, 15) is 9.59 Å². The molecule has 1 aromatic rings. The Balaban J connectivity index is 1.90. The first-order chi connectivity index (χ1) is 9.97. The first-order valence-corrected chi connectivity index (χ1v) is 8.47. The Morgan fingerprint density at radius 3 is 2.48 bits per heavy atom. The molecule has 0 aromatic carbocycles. The third-order valence-corrected chi connectivity index (χ3v) is 4.84. The van der Waals surface area contributed by atoms with E-state index in [0.717, 1.165) is 24.4 Å². The number of hydrogen-bond acceptors (Lipinski definition) is 3. The number of nitrogens with zero attached hydrogens (tertiary/aromatic N) is 2. The first kappa shape index (κ1) is 16.3. The van der Waals surface area contributed by atoms with Crippen molar-refractivity contribution in [1.82, 2.24) is 9.80 Å². The summed E-state index contributed by atoms with van der Waals surface area (Å²) in [6.45, 7) is 6.54. The summed E-state index contributed by atoms with van der Waals surface area (Å²) in [6, 6.07) is 3.72. The van der Waals surface area contributed by atoms with E-state index in [1.165, 1.54) is 11.3 Å². The van der Waals surface area contributed by atoms with Crippen molar-refractivity contribution < 1.29 is 9.59 Å². The molecule has 1 fully saturated rings. The van der Waals surface area contributed by atoms with E-state index < -0.39 is 0 Å². The third kappa shape index (κ3) is 4.45. The summed E-state index contributed by atoms with van der Waals surface area (Å²) >= 11 is 7.34. The maximum Gasteiger partial charge on any atom is 0.227 e. The van der Waals surface area contributed by atoms with Crippen LogP contribution in [0.5, 0.6) is 0 Å². The fourth-order valence-electron chi connectivity index (χ4n) is 2.46. The van der Waals surface area contributed by atoms with Gasteiger partial charge in [-0.25, -0.2) is 0 Å². The lowest BCUT2D eigenvalue weighted by Crippen LogP contribution is -2.39. The Hall–Kier alpha value is -1.07. The van der Waals surface area contributed by atoms with Crippen molar-refractivity contribution in [1.29, 1.82) is 0 Å². The van der Waals surface area contributed by atoms with E-state index in [0.29, 0.717) is 23.8 Å². The summed E-state index contributed by atoms with van der Waals surface area (Å²) in [5, 5.41) is 0. The van der Waals surface area contributed by atoms with Crippen LogP contribution in [0.4, 0.5) is 0 Å². The minimum atomic E-state index is 0.0144. The van der Waals surface area contributed by atoms with E-state index in [2.05, 4.69) is 0 Å². The van der Waals surface area contributed by atoms with Crippen LogP contribution in [0, 0.1) is 5.92 Å². The Morgan fingerprint density at radius 2 is 1.86 bits per heavy atom. The predicted octanol–water partition coefficient (Wildman–Crippen LogP) is 2.66. The van der Waals surface area contributed by atoms with E-state index in [-0.39, 0.29) is 17.7 Å². The van der Waals surface area contributed by atoms with Crippen LogP contribution in [0.1, 0.15) is 25.1 Å². The fraction of sp³-hybridized carbons (Fsp3) is 0.600. The second kappa shape index (κ2) is 7.27. The molecule has 0 aliphatic carbocycles. The highest BCUT2D eigenvalue weighted by Crippen LogP contribution is 2.22. The molecular formula is C15H21ClN2O2S. The summed E-state index contributed by atoms with van der Waals surface area (Å²) in [4.78, 5) is 29.1. The summed E-state index contributed by atoms with van der Waals surface area (Å²) in [5.74, 6) is 0.308. The number of halogens is 1. The molecule has 1 saturated heterocycles. The van der Waals surface area contributed by atoms with Gasteiger partial charge in [0.1, 0.15) is 0 Å². The van der Waals surface area contributed by atoms with Crippen LogP contribution in [0.2, 0.25) is 4.34 Å². The average molecular weight is 329 g/mol. The standard InChI is InChI=1S/C15H21ClN2O2S/c1-11(2)15(20)18-7-3-6-17(8-9-18)14(19)10-12-4-5-13(16)21-12/h4-5,11H,3,6-10H2,1-2H3. The quantitative estimate of drug-likeness (QED) is 0.856. The molecule has 0 radical (unpaired) electrons. The van der Waals surface area contributed by atoms with Crippen LogP contribution in [-0.2, 0) is 16.0 Å². The number of thiophene rings is 1. The molecule has 2 amide bonds. The van der Waals surface area contributed by atoms with Gasteiger partial charge in [-0.15, -0.1) is 11.3 Å². The van der Waals surface area contributed by atoms with Crippen molar-refractivity contribution >= 4 is 34.8 Å². The van der Waals surface area contributed by atoms with Crippen LogP contribution in [0.15, 0.2) is 12.1 Å². The van der Waals surface area contributed by atoms with Gasteiger partial charge >= 0.3 is 0 Å². The molecule has 2 heterocycles. The maximum absolute atomic E-state index is 12.3. The van der Waals surface area contributed by atoms with Crippen LogP contribution < -0.4 is 0 Å². The van der Waals surface area contributed by atoms with Gasteiger partial charge in [-0.3, -0.25) is 9.59 Å². The highest BCUT2D eigenvalue weighted by molar-refractivity contribution is 7.16. The second-order valence-corrected chi connectivity index (χ2v) is 7.40. The molecule has 1 aromatic heterocycles. The van der Waals surface area contributed by atoms with E-state index in [1.807, 2.05) is 35.8 Å². The van der Waals surface area contributed by atoms with Gasteiger partial charge in [-0.05, 0) is 18.6 Å². The summed E-state index contributed by atoms with van der Waals surface area (Å²) < 4.78 is 0.711. The van der Waals surface area contributed by atoms with E-state index >= 15 is 0 Å². The second-order valence-electron chi connectivity index (χ2n) is 5.60. The van der Waals surface area contributed by atoms with Crippen molar-refractivity contribution in [3.8, 4) is 0 Å². The molecule has 1 aliphatic rings. The Kier molecular flexibility index (Phi) is 5.65. The van der Waals surface area contributed by atoms with Gasteiger partial charge in [0.2, 0.25) is 11.8 Å². The number of amides is 2. The smallest absolute Gasteiger partial charge is 0.227 e. The SMILES string of the molecule is CC(C)C(=O)N1CCCN(C(=O)Cc2ccc(Cl)s2)CC1. The molecule has 0 unspecified atom stereocenters. The molecule has 0 bridgehead atoms. The van der Waals surface area contributed by atoms with Gasteiger partial charge in [-0.1, -0.05) is 25.4 Å². The zero-order valence-corrected chi connectivity index (χ0v) is 14.0. The minimum Gasteiger partial charge on any atom is -0.341 e. The number of carbonyl (C=O) groups excluding carboxylic acids is 2. The topological polar surface area (TPSA) is 40.6 Å². The van der Waals surface area contributed by atoms with Gasteiger partial charge < -0.3 is 9.80 Å². The van der Waals surface area contributed by atoms with Crippen molar-refractivity contribution in [2.24, 2.45) is 5.92 Å². The van der Waals surface area contributed by atoms with Crippen molar-refractivity contribution in [3.63, 3.8) is 0 Å². The molecular weight excluding hydrogens is 308 g/mol. The molecule has 21 heavy (non-hydrogen) atoms. The van der Waals surface area contributed by atoms with Crippen LogP contribution >= 0.6 is 22.9 Å². The molecule has 2 rings (SSSR count). The molecule has 0 atom stereocenters. The summed E-state index contributed by atoms with van der Waals surface area (Å²) in [7, 11) is 0. The Labute approximate surface area is 134 Å². The van der Waals surface area contributed by atoms with E-state index in [1.54, 1.807) is 0 Å². The van der Waals surface area contributed by atoms with Gasteiger partial charge in [0, 0.05) is 37.0 Å². The highest BCUT2D eigenvalue weighted by atomic mass is 35.5. The van der Waals surface area contributed by atoms with E-state index in [4.69, 9.17) is 11.6 Å². The average Bonchev–Trinajstić information content (AvgIpc) is 2.71. The van der Waals surface area contributed by atoms with Gasteiger partial charge in [0.15, 0.2) is 0 Å². The highest BCUT2D eigenvalue weighted by Gasteiger charge is 2.23. The summed E-state index contributed by atoms with van der Waals surface area (Å²) in [6.07, 6.45) is 1.24. The van der Waals surface area contributed by atoms with Gasteiger partial charge in [0.05, 0.1) is 10.8 Å². The van der Waals surface area contributed by atoms with Crippen molar-refractivity contribution in [3.05, 3.63) is 21.3 Å². The van der Waals surface area contributed by atoms with Gasteiger partial charge in [0.25, 0.3) is 0 Å². The third-order valence-electron chi connectivity index (χ3n) is 3.61. The largest absolute Gasteiger partial charge is 0.341 e. The first-order valence-electron chi connectivity index (χ1n) is 7.28. The number of carbonyl (C=O) groups is 2. The minimum absolute atomic E-state index is 0.0144. The normalized spacial score (nSPS) is 16.2. The summed E-state index contributed by atoms with van der Waals surface area (Å²) in [5.41, 5.74) is 0. The zero-order chi connectivity index (χ0) is 15.4. The van der Waals surface area contributed by atoms with Gasteiger partial charge in [-0.2, -0.15) is 0 Å². The lowest BCUT2D eigenvalue weighted by atomic mass is 10.2. The molecule has 1 aliphatic heterocycles. The Bertz CT molecular complexity index is 516. The molecule has 0 N–H and O–H groups in total. The van der Waals surface area contributed by atoms with Crippen LogP contribution in [-0.4, -0.2) is 47.8 Å². The molecule has 116 valence electrons.